The number of hydrogen-bond donors (Lipinski definition) is 1. The van der Waals surface area contributed by atoms with Crippen LogP contribution >= 0.6 is 0 Å². The van der Waals surface area contributed by atoms with Crippen LogP contribution < -0.4 is 10.2 Å². The van der Waals surface area contributed by atoms with E-state index in [4.69, 9.17) is 0 Å². The first-order valence-corrected chi connectivity index (χ1v) is 8.62. The van der Waals surface area contributed by atoms with E-state index in [1.807, 2.05) is 31.2 Å². The molecule has 0 aliphatic carbocycles. The van der Waals surface area contributed by atoms with Crippen LogP contribution in [0.3, 0.4) is 0 Å². The molecule has 2 amide bonds. The van der Waals surface area contributed by atoms with Gasteiger partial charge in [0.2, 0.25) is 5.91 Å². The maximum Gasteiger partial charge on any atom is 0.255 e. The fourth-order valence-corrected chi connectivity index (χ4v) is 3.36. The molecule has 2 aromatic carbocycles. The van der Waals surface area contributed by atoms with Gasteiger partial charge in [-0.1, -0.05) is 5.21 Å². The van der Waals surface area contributed by atoms with Gasteiger partial charge in [-0.3, -0.25) is 9.59 Å². The minimum atomic E-state index is -0.195. The van der Waals surface area contributed by atoms with Gasteiger partial charge in [0.25, 0.3) is 5.91 Å². The monoisotopic (exact) mass is 349 g/mol. The quantitative estimate of drug-likeness (QED) is 0.788. The van der Waals surface area contributed by atoms with Crippen LogP contribution in [-0.4, -0.2) is 33.4 Å². The number of aryl methyl sites for hydroxylation is 1. The van der Waals surface area contributed by atoms with Gasteiger partial charge in [-0.15, -0.1) is 5.10 Å². The molecular weight excluding hydrogens is 330 g/mol. The molecule has 1 aliphatic rings. The molecule has 2 heterocycles. The Morgan fingerprint density at radius 3 is 2.81 bits per heavy atom. The van der Waals surface area contributed by atoms with E-state index in [0.717, 1.165) is 35.4 Å². The first kappa shape index (κ1) is 16.3. The van der Waals surface area contributed by atoms with Gasteiger partial charge in [0.1, 0.15) is 5.52 Å². The Hall–Kier alpha value is -3.22. The van der Waals surface area contributed by atoms with Crippen LogP contribution in [-0.2, 0) is 17.8 Å². The summed E-state index contributed by atoms with van der Waals surface area (Å²) in [6.45, 7) is 4.98. The van der Waals surface area contributed by atoms with Gasteiger partial charge < -0.3 is 10.2 Å². The van der Waals surface area contributed by atoms with Crippen molar-refractivity contribution in [1.29, 1.82) is 0 Å². The van der Waals surface area contributed by atoms with Crippen molar-refractivity contribution < 1.29 is 9.59 Å². The summed E-state index contributed by atoms with van der Waals surface area (Å²) in [7, 11) is 0. The lowest BCUT2D eigenvalue weighted by molar-refractivity contribution is -0.116. The second-order valence-electron chi connectivity index (χ2n) is 6.33. The Balaban J connectivity index is 1.56. The number of hydrogen-bond acceptors (Lipinski definition) is 4. The first-order chi connectivity index (χ1) is 12.6. The van der Waals surface area contributed by atoms with Crippen molar-refractivity contribution in [3.63, 3.8) is 0 Å². The van der Waals surface area contributed by atoms with Gasteiger partial charge in [0.05, 0.1) is 5.52 Å². The second-order valence-corrected chi connectivity index (χ2v) is 6.33. The van der Waals surface area contributed by atoms with Crippen LogP contribution in [0.4, 0.5) is 11.4 Å². The zero-order valence-corrected chi connectivity index (χ0v) is 14.7. The molecule has 1 aromatic heterocycles. The molecule has 0 fully saturated rings. The van der Waals surface area contributed by atoms with E-state index in [1.54, 1.807) is 28.6 Å². The number of anilines is 2. The number of carbonyl (C=O) groups is 2. The van der Waals surface area contributed by atoms with Crippen LogP contribution in [0, 0.1) is 0 Å². The van der Waals surface area contributed by atoms with E-state index in [1.165, 1.54) is 0 Å². The van der Waals surface area contributed by atoms with Crippen LogP contribution in [0.15, 0.2) is 36.4 Å². The Morgan fingerprint density at radius 1 is 1.19 bits per heavy atom. The highest BCUT2D eigenvalue weighted by Gasteiger charge is 2.22. The number of amides is 2. The minimum absolute atomic E-state index is 0.0361. The highest BCUT2D eigenvalue weighted by atomic mass is 16.2. The predicted octanol–water partition coefficient (Wildman–Crippen LogP) is 2.61. The van der Waals surface area contributed by atoms with Gasteiger partial charge >= 0.3 is 0 Å². The summed E-state index contributed by atoms with van der Waals surface area (Å²) in [5, 5.41) is 11.1. The van der Waals surface area contributed by atoms with Crippen LogP contribution in [0.25, 0.3) is 11.0 Å². The summed E-state index contributed by atoms with van der Waals surface area (Å²) in [5.74, 6) is -0.159. The first-order valence-electron chi connectivity index (χ1n) is 8.62. The molecule has 0 spiro atoms. The van der Waals surface area contributed by atoms with E-state index in [-0.39, 0.29) is 11.8 Å². The molecule has 0 unspecified atom stereocenters. The predicted molar refractivity (Wildman–Crippen MR) is 99.3 cm³/mol. The fraction of sp³-hybridized carbons (Fsp3) is 0.263. The van der Waals surface area contributed by atoms with Crippen LogP contribution in [0.5, 0.6) is 0 Å². The number of carbonyl (C=O) groups excluding carboxylic acids is 2. The summed E-state index contributed by atoms with van der Waals surface area (Å²) in [4.78, 5) is 26.0. The van der Waals surface area contributed by atoms with Gasteiger partial charge in [0.15, 0.2) is 0 Å². The van der Waals surface area contributed by atoms with E-state index < -0.39 is 0 Å². The normalized spacial score (nSPS) is 13.1. The average Bonchev–Trinajstić information content (AvgIpc) is 3.24. The summed E-state index contributed by atoms with van der Waals surface area (Å²) in [5.41, 5.74) is 4.85. The molecular formula is C19H19N5O2. The number of fused-ring (bicyclic) bond motifs is 2. The molecule has 0 bridgehead atoms. The number of nitrogens with one attached hydrogen (secondary N) is 1. The highest BCUT2D eigenvalue weighted by molar-refractivity contribution is 6.06. The molecule has 1 N–H and O–H groups in total. The van der Waals surface area contributed by atoms with Gasteiger partial charge in [-0.2, -0.15) is 0 Å². The maximum absolute atomic E-state index is 12.6. The minimum Gasteiger partial charge on any atom is -0.322 e. The van der Waals surface area contributed by atoms with Crippen molar-refractivity contribution in [2.24, 2.45) is 0 Å². The third-order valence-corrected chi connectivity index (χ3v) is 4.69. The third kappa shape index (κ3) is 2.71. The molecule has 7 nitrogen and oxygen atoms in total. The van der Waals surface area contributed by atoms with Crippen LogP contribution in [0.2, 0.25) is 0 Å². The average molecular weight is 349 g/mol. The lowest BCUT2D eigenvalue weighted by Gasteiger charge is -2.15. The SMILES string of the molecule is CCn1nnc2cc(C(=O)Nc3ccc4c(c3)CCN4C(C)=O)ccc21. The maximum atomic E-state index is 12.6. The molecule has 0 saturated carbocycles. The second kappa shape index (κ2) is 6.25. The van der Waals surface area contributed by atoms with E-state index in [0.29, 0.717) is 17.6 Å². The molecule has 0 radical (unpaired) electrons. The number of benzene rings is 2. The molecule has 3 aromatic rings. The number of rotatable bonds is 3. The van der Waals surface area contributed by atoms with E-state index in [2.05, 4.69) is 15.6 Å². The molecule has 132 valence electrons. The molecule has 0 atom stereocenters. The summed E-state index contributed by atoms with van der Waals surface area (Å²) < 4.78 is 1.79. The van der Waals surface area contributed by atoms with Crippen molar-refractivity contribution in [2.45, 2.75) is 26.8 Å². The van der Waals surface area contributed by atoms with E-state index in [9.17, 15) is 9.59 Å². The fourth-order valence-electron chi connectivity index (χ4n) is 3.36. The molecule has 0 saturated heterocycles. The summed E-state index contributed by atoms with van der Waals surface area (Å²) in [6, 6.07) is 11.0. The van der Waals surface area contributed by atoms with Crippen molar-refractivity contribution in [3.05, 3.63) is 47.5 Å². The van der Waals surface area contributed by atoms with Crippen molar-refractivity contribution in [2.75, 3.05) is 16.8 Å². The lowest BCUT2D eigenvalue weighted by Crippen LogP contribution is -2.25. The highest BCUT2D eigenvalue weighted by Crippen LogP contribution is 2.30. The molecule has 26 heavy (non-hydrogen) atoms. The topological polar surface area (TPSA) is 80.1 Å². The summed E-state index contributed by atoms with van der Waals surface area (Å²) in [6.07, 6.45) is 0.796. The zero-order chi connectivity index (χ0) is 18.3. The largest absolute Gasteiger partial charge is 0.322 e. The Kier molecular flexibility index (Phi) is 3.91. The van der Waals surface area contributed by atoms with Crippen molar-refractivity contribution >= 4 is 34.2 Å². The molecule has 7 heteroatoms. The van der Waals surface area contributed by atoms with Gasteiger partial charge in [-0.05, 0) is 55.3 Å². The van der Waals surface area contributed by atoms with Crippen molar-refractivity contribution in [3.8, 4) is 0 Å². The molecule has 4 rings (SSSR count). The lowest BCUT2D eigenvalue weighted by atomic mass is 10.1. The third-order valence-electron chi connectivity index (χ3n) is 4.69. The summed E-state index contributed by atoms with van der Waals surface area (Å²) >= 11 is 0. The van der Waals surface area contributed by atoms with Gasteiger partial charge in [-0.25, -0.2) is 4.68 Å². The molecule has 1 aliphatic heterocycles. The Bertz CT molecular complexity index is 1020. The zero-order valence-electron chi connectivity index (χ0n) is 14.7. The van der Waals surface area contributed by atoms with Crippen LogP contribution in [0.1, 0.15) is 29.8 Å². The van der Waals surface area contributed by atoms with E-state index >= 15 is 0 Å². The smallest absolute Gasteiger partial charge is 0.255 e. The number of aromatic nitrogens is 3. The Labute approximate surface area is 150 Å². The Morgan fingerprint density at radius 2 is 2.04 bits per heavy atom. The van der Waals surface area contributed by atoms with Gasteiger partial charge in [0, 0.05) is 37.0 Å². The standard InChI is InChI=1S/C19H19N5O2/c1-3-24-18-6-4-14(11-16(18)21-22-24)19(26)20-15-5-7-17-13(10-15)8-9-23(17)12(2)25/h4-7,10-11H,3,8-9H2,1-2H3,(H,20,26). The number of nitrogens with zero attached hydrogens (tertiary/aromatic N) is 4. The van der Waals surface area contributed by atoms with Crippen molar-refractivity contribution in [1.82, 2.24) is 15.0 Å².